The van der Waals surface area contributed by atoms with Crippen LogP contribution in [0.15, 0.2) is 65.7 Å². The zero-order valence-corrected chi connectivity index (χ0v) is 26.5. The van der Waals surface area contributed by atoms with Gasteiger partial charge in [0.15, 0.2) is 0 Å². The molecule has 1 aliphatic heterocycles. The van der Waals surface area contributed by atoms with Crippen molar-refractivity contribution in [2.45, 2.75) is 45.3 Å². The van der Waals surface area contributed by atoms with Crippen LogP contribution >= 0.6 is 11.6 Å². The fraction of sp³-hybridized carbons (Fsp3) is 0.419. The molecule has 0 bridgehead atoms. The number of ether oxygens (including phenoxy) is 2. The van der Waals surface area contributed by atoms with E-state index in [4.69, 9.17) is 31.9 Å². The third-order valence-corrected chi connectivity index (χ3v) is 7.22. The number of allylic oxidation sites excluding steroid dienone is 1. The number of rotatable bonds is 15. The molecule has 0 saturated carbocycles. The summed E-state index contributed by atoms with van der Waals surface area (Å²) in [6, 6.07) is 4.15. The molecule has 1 aliphatic rings. The number of hydrogen-bond donors (Lipinski definition) is 2. The lowest BCUT2D eigenvalue weighted by atomic mass is 10.0. The van der Waals surface area contributed by atoms with E-state index in [1.165, 1.54) is 30.5 Å². The third kappa shape index (κ3) is 9.88. The number of nitrogens with two attached hydrogens (primary N) is 1. The summed E-state index contributed by atoms with van der Waals surface area (Å²) in [7, 11) is 3.39. The van der Waals surface area contributed by atoms with Gasteiger partial charge in [0.2, 0.25) is 0 Å². The number of nitrogens with zero attached hydrogens (tertiary/aromatic N) is 5. The zero-order chi connectivity index (χ0) is 33.1. The SMILES string of the molecule is C=C/C=N\C(=C(\C(=C)N)C(=O)Nc1cn(C2CCN(CCCC(=O)OCC)CC2)nc1-c1cc(Cl)ccc1OC(F)F)N(C)C. The van der Waals surface area contributed by atoms with Crippen molar-refractivity contribution in [3.8, 4) is 17.0 Å². The van der Waals surface area contributed by atoms with Gasteiger partial charge in [0.05, 0.1) is 18.3 Å². The Morgan fingerprint density at radius 2 is 2.02 bits per heavy atom. The molecule has 45 heavy (non-hydrogen) atoms. The Balaban J connectivity index is 1.97. The Bertz CT molecular complexity index is 1430. The number of carbonyl (C=O) groups is 2. The summed E-state index contributed by atoms with van der Waals surface area (Å²) in [5.74, 6) is -0.768. The van der Waals surface area contributed by atoms with Gasteiger partial charge in [-0.05, 0) is 50.9 Å². The molecule has 0 spiro atoms. The van der Waals surface area contributed by atoms with Crippen LogP contribution in [0.5, 0.6) is 5.75 Å². The van der Waals surface area contributed by atoms with Gasteiger partial charge in [-0.25, -0.2) is 4.99 Å². The monoisotopic (exact) mass is 647 g/mol. The topological polar surface area (TPSA) is 127 Å². The van der Waals surface area contributed by atoms with Gasteiger partial charge in [-0.3, -0.25) is 14.3 Å². The largest absolute Gasteiger partial charge is 0.466 e. The van der Waals surface area contributed by atoms with E-state index in [1.54, 1.807) is 36.8 Å². The number of nitrogens with one attached hydrogen (secondary N) is 1. The van der Waals surface area contributed by atoms with Crippen molar-refractivity contribution in [2.75, 3.05) is 45.7 Å². The van der Waals surface area contributed by atoms with Crippen molar-refractivity contribution in [1.82, 2.24) is 19.6 Å². The van der Waals surface area contributed by atoms with Crippen LogP contribution in [0.2, 0.25) is 5.02 Å². The van der Waals surface area contributed by atoms with E-state index in [0.717, 1.165) is 32.5 Å². The van der Waals surface area contributed by atoms with Gasteiger partial charge < -0.3 is 30.3 Å². The van der Waals surface area contributed by atoms with Crippen LogP contribution in [0.4, 0.5) is 14.5 Å². The van der Waals surface area contributed by atoms with Crippen molar-refractivity contribution in [2.24, 2.45) is 10.7 Å². The first-order valence-corrected chi connectivity index (χ1v) is 14.9. The number of benzene rings is 1. The highest BCUT2D eigenvalue weighted by Gasteiger charge is 2.27. The smallest absolute Gasteiger partial charge is 0.387 e. The van der Waals surface area contributed by atoms with Gasteiger partial charge in [0.25, 0.3) is 5.91 Å². The molecule has 14 heteroatoms. The summed E-state index contributed by atoms with van der Waals surface area (Å²) >= 11 is 6.26. The maximum Gasteiger partial charge on any atom is 0.387 e. The molecule has 1 amide bonds. The fourth-order valence-electron chi connectivity index (χ4n) is 4.95. The van der Waals surface area contributed by atoms with E-state index >= 15 is 0 Å². The molecule has 3 N–H and O–H groups in total. The third-order valence-electron chi connectivity index (χ3n) is 6.98. The van der Waals surface area contributed by atoms with E-state index in [0.29, 0.717) is 19.4 Å². The van der Waals surface area contributed by atoms with Gasteiger partial charge in [-0.15, -0.1) is 0 Å². The maximum absolute atomic E-state index is 13.7. The number of aliphatic imine (C=N–C) groups is 1. The molecule has 0 aliphatic carbocycles. The number of halogens is 3. The second kappa shape index (κ2) is 16.7. The molecule has 2 heterocycles. The minimum Gasteiger partial charge on any atom is -0.466 e. The number of amides is 1. The standard InChI is InChI=1S/C31H40ClF2N7O4/c1-6-14-36-29(39(4)5)27(20(3)35)30(43)37-24-19-41(22-12-16-40(17-13-22)15-8-9-26(42)44-7-2)38-28(24)23-18-21(32)10-11-25(23)45-31(33)34/h6,10-11,14,18-19,22,31H,1,3,7-9,12-13,15-17,35H2,2,4-5H3,(H,37,43)/b29-27+,36-14-. The Kier molecular flexibility index (Phi) is 13.1. The first-order valence-electron chi connectivity index (χ1n) is 14.5. The number of anilines is 1. The number of piperidine rings is 1. The number of alkyl halides is 2. The number of aromatic nitrogens is 2. The molecular weight excluding hydrogens is 608 g/mol. The van der Waals surface area contributed by atoms with Gasteiger partial charge in [0.1, 0.15) is 22.8 Å². The van der Waals surface area contributed by atoms with Crippen LogP contribution in [0.1, 0.15) is 38.6 Å². The molecule has 0 atom stereocenters. The number of esters is 1. The van der Waals surface area contributed by atoms with Crippen LogP contribution in [-0.2, 0) is 14.3 Å². The highest BCUT2D eigenvalue weighted by molar-refractivity contribution is 6.31. The van der Waals surface area contributed by atoms with Crippen molar-refractivity contribution in [3.63, 3.8) is 0 Å². The first kappa shape index (κ1) is 35.3. The second-order valence-electron chi connectivity index (χ2n) is 10.5. The van der Waals surface area contributed by atoms with E-state index in [2.05, 4.69) is 28.4 Å². The molecule has 1 fully saturated rings. The van der Waals surface area contributed by atoms with Crippen LogP contribution in [0.3, 0.4) is 0 Å². The molecule has 3 rings (SSSR count). The number of likely N-dealkylation sites (tertiary alicyclic amines) is 1. The predicted molar refractivity (Wildman–Crippen MR) is 171 cm³/mol. The van der Waals surface area contributed by atoms with Gasteiger partial charge in [0, 0.05) is 62.3 Å². The Morgan fingerprint density at radius 1 is 1.31 bits per heavy atom. The van der Waals surface area contributed by atoms with Crippen LogP contribution in [0, 0.1) is 0 Å². The van der Waals surface area contributed by atoms with Crippen molar-refractivity contribution < 1.29 is 27.8 Å². The summed E-state index contributed by atoms with van der Waals surface area (Å²) in [6.45, 7) is 8.69. The fourth-order valence-corrected chi connectivity index (χ4v) is 5.12. The summed E-state index contributed by atoms with van der Waals surface area (Å²) in [5, 5.41) is 7.84. The maximum atomic E-state index is 13.7. The molecule has 2 aromatic rings. The number of carbonyl (C=O) groups excluding carboxylic acids is 2. The van der Waals surface area contributed by atoms with Gasteiger partial charge in [-0.1, -0.05) is 30.8 Å². The highest BCUT2D eigenvalue weighted by Crippen LogP contribution is 2.38. The zero-order valence-electron chi connectivity index (χ0n) is 25.8. The van der Waals surface area contributed by atoms with Gasteiger partial charge in [-0.2, -0.15) is 13.9 Å². The summed E-state index contributed by atoms with van der Waals surface area (Å²) in [6.07, 6.45) is 7.04. The Labute approximate surface area is 267 Å². The minimum absolute atomic E-state index is 0.00285. The quantitative estimate of drug-likeness (QED) is 0.117. The average molecular weight is 648 g/mol. The Hall–Kier alpha value is -4.23. The lowest BCUT2D eigenvalue weighted by molar-refractivity contribution is -0.143. The van der Waals surface area contributed by atoms with E-state index in [-0.39, 0.29) is 56.8 Å². The molecule has 0 unspecified atom stereocenters. The number of hydrogen-bond acceptors (Lipinski definition) is 9. The molecule has 1 saturated heterocycles. The second-order valence-corrected chi connectivity index (χ2v) is 10.9. The molecule has 0 radical (unpaired) electrons. The van der Waals surface area contributed by atoms with Crippen molar-refractivity contribution in [3.05, 3.63) is 65.7 Å². The van der Waals surface area contributed by atoms with Gasteiger partial charge >= 0.3 is 12.6 Å². The van der Waals surface area contributed by atoms with Crippen molar-refractivity contribution >= 4 is 35.4 Å². The normalized spacial score (nSPS) is 14.7. The van der Waals surface area contributed by atoms with E-state index < -0.39 is 12.5 Å². The Morgan fingerprint density at radius 3 is 2.62 bits per heavy atom. The van der Waals surface area contributed by atoms with Crippen LogP contribution < -0.4 is 15.8 Å². The lowest BCUT2D eigenvalue weighted by Crippen LogP contribution is -2.35. The van der Waals surface area contributed by atoms with Crippen LogP contribution in [-0.4, -0.2) is 84.6 Å². The van der Waals surface area contributed by atoms with Crippen LogP contribution in [0.25, 0.3) is 11.3 Å². The average Bonchev–Trinajstić information content (AvgIpc) is 3.39. The lowest BCUT2D eigenvalue weighted by Gasteiger charge is -2.32. The van der Waals surface area contributed by atoms with Crippen molar-refractivity contribution in [1.29, 1.82) is 0 Å². The highest BCUT2D eigenvalue weighted by atomic mass is 35.5. The summed E-state index contributed by atoms with van der Waals surface area (Å²) in [4.78, 5) is 33.5. The van der Waals surface area contributed by atoms with E-state index in [1.807, 2.05) is 0 Å². The summed E-state index contributed by atoms with van der Waals surface area (Å²) < 4.78 is 38.2. The molecule has 1 aromatic carbocycles. The van der Waals surface area contributed by atoms with E-state index in [9.17, 15) is 18.4 Å². The molecule has 244 valence electrons. The molecule has 11 nitrogen and oxygen atoms in total. The predicted octanol–water partition coefficient (Wildman–Crippen LogP) is 5.23. The minimum atomic E-state index is -3.10. The molecular formula is C31H40ClF2N7O4. The summed E-state index contributed by atoms with van der Waals surface area (Å²) in [5.41, 5.74) is 6.58. The first-order chi connectivity index (χ1) is 21.4. The molecule has 1 aromatic heterocycles.